The largest absolute Gasteiger partial charge is 0.309 e. The lowest BCUT2D eigenvalue weighted by molar-refractivity contribution is 0.628. The molecule has 0 atom stereocenters. The average Bonchev–Trinajstić information content (AvgIpc) is 3.59. The van der Waals surface area contributed by atoms with Gasteiger partial charge in [-0.2, -0.15) is 0 Å². The second-order valence-electron chi connectivity index (χ2n) is 16.6. The summed E-state index contributed by atoms with van der Waals surface area (Å²) < 4.78 is 16.9. The Hall–Kier alpha value is -7.50. The van der Waals surface area contributed by atoms with Gasteiger partial charge in [0.05, 0.1) is 16.7 Å². The highest BCUT2D eigenvalue weighted by atomic mass is 19.1. The molecule has 0 aliphatic heterocycles. The lowest BCUT2D eigenvalue weighted by atomic mass is 9.91. The van der Waals surface area contributed by atoms with Crippen molar-refractivity contribution in [2.75, 3.05) is 0 Å². The minimum Gasteiger partial charge on any atom is -0.309 e. The van der Waals surface area contributed by atoms with E-state index in [9.17, 15) is 4.39 Å². The minimum absolute atomic E-state index is 0.278. The van der Waals surface area contributed by atoms with E-state index in [2.05, 4.69) is 125 Å². The van der Waals surface area contributed by atoms with Crippen LogP contribution in [0.2, 0.25) is 0 Å². The average molecular weight is 805 g/mol. The number of hydrogen-bond donors (Lipinski definition) is 0. The summed E-state index contributed by atoms with van der Waals surface area (Å²) in [4.78, 5) is 15.2. The van der Waals surface area contributed by atoms with Crippen molar-refractivity contribution in [1.29, 1.82) is 0 Å². The third-order valence-corrected chi connectivity index (χ3v) is 12.0. The number of halogens is 1. The number of fused-ring (bicyclic) bond motifs is 3. The van der Waals surface area contributed by atoms with Crippen LogP contribution in [0.4, 0.5) is 4.39 Å². The normalized spacial score (nSPS) is 11.5. The van der Waals surface area contributed by atoms with Gasteiger partial charge in [0.15, 0.2) is 17.5 Å². The SMILES string of the molecule is Cc1cc(C)c(-c2ccc3c(c2)c2cc(-c4c(C)cc(C)cc4C)ccc2n3-c2cc(-c3nc(-c4ccccc4)nc(-c4ccccc4)n3)ccc2-c2ccc(F)cc2)c(C)c1. The quantitative estimate of drug-likeness (QED) is 0.161. The van der Waals surface area contributed by atoms with Gasteiger partial charge in [-0.25, -0.2) is 19.3 Å². The molecule has 4 nitrogen and oxygen atoms in total. The lowest BCUT2D eigenvalue weighted by Crippen LogP contribution is -2.02. The van der Waals surface area contributed by atoms with Crippen LogP contribution in [-0.4, -0.2) is 19.5 Å². The van der Waals surface area contributed by atoms with Crippen molar-refractivity contribution in [2.24, 2.45) is 0 Å². The Morgan fingerprint density at radius 3 is 1.23 bits per heavy atom. The molecule has 0 radical (unpaired) electrons. The predicted octanol–water partition coefficient (Wildman–Crippen LogP) is 15.0. The van der Waals surface area contributed by atoms with E-state index < -0.39 is 0 Å². The summed E-state index contributed by atoms with van der Waals surface area (Å²) in [5.41, 5.74) is 20.0. The Bertz CT molecular complexity index is 3130. The first-order valence-electron chi connectivity index (χ1n) is 21.1. The van der Waals surface area contributed by atoms with Crippen molar-refractivity contribution in [2.45, 2.75) is 41.5 Å². The Labute approximate surface area is 362 Å². The topological polar surface area (TPSA) is 43.6 Å². The van der Waals surface area contributed by atoms with Crippen LogP contribution < -0.4 is 0 Å². The fraction of sp³-hybridized carbons (Fsp3) is 0.105. The van der Waals surface area contributed by atoms with Crippen molar-refractivity contribution >= 4 is 21.8 Å². The molecule has 0 saturated heterocycles. The van der Waals surface area contributed by atoms with Gasteiger partial charge in [-0.05, 0) is 134 Å². The van der Waals surface area contributed by atoms with Crippen LogP contribution in [0.1, 0.15) is 33.4 Å². The van der Waals surface area contributed by atoms with E-state index in [4.69, 9.17) is 15.0 Å². The van der Waals surface area contributed by atoms with E-state index in [1.165, 1.54) is 67.8 Å². The van der Waals surface area contributed by atoms with E-state index in [0.717, 1.165) is 55.3 Å². The molecule has 0 unspecified atom stereocenters. The van der Waals surface area contributed by atoms with Gasteiger partial charge in [-0.15, -0.1) is 0 Å². The Morgan fingerprint density at radius 2 is 0.774 bits per heavy atom. The number of rotatable bonds is 7. The maximum absolute atomic E-state index is 14.5. The van der Waals surface area contributed by atoms with Gasteiger partial charge in [-0.3, -0.25) is 0 Å². The van der Waals surface area contributed by atoms with Crippen molar-refractivity contribution < 1.29 is 4.39 Å². The molecule has 2 aromatic heterocycles. The van der Waals surface area contributed by atoms with Gasteiger partial charge in [0, 0.05) is 33.0 Å². The van der Waals surface area contributed by atoms with E-state index in [0.29, 0.717) is 17.5 Å². The summed E-state index contributed by atoms with van der Waals surface area (Å²) in [7, 11) is 0. The van der Waals surface area contributed by atoms with Crippen LogP contribution in [-0.2, 0) is 0 Å². The third kappa shape index (κ3) is 6.95. The summed E-state index contributed by atoms with van der Waals surface area (Å²) in [6.07, 6.45) is 0. The second kappa shape index (κ2) is 15.5. The molecule has 0 spiro atoms. The Balaban J connectivity index is 1.27. The minimum atomic E-state index is -0.278. The highest BCUT2D eigenvalue weighted by molar-refractivity contribution is 6.12. The predicted molar refractivity (Wildman–Crippen MR) is 255 cm³/mol. The van der Waals surface area contributed by atoms with E-state index >= 15 is 0 Å². The van der Waals surface area contributed by atoms with Gasteiger partial charge in [0.25, 0.3) is 0 Å². The third-order valence-electron chi connectivity index (χ3n) is 12.0. The molecule has 0 N–H and O–H groups in total. The first-order valence-corrected chi connectivity index (χ1v) is 21.1. The number of aryl methyl sites for hydroxylation is 6. The highest BCUT2D eigenvalue weighted by Gasteiger charge is 2.21. The van der Waals surface area contributed by atoms with Crippen molar-refractivity contribution in [3.63, 3.8) is 0 Å². The monoisotopic (exact) mass is 804 g/mol. The van der Waals surface area contributed by atoms with E-state index in [1.54, 1.807) is 0 Å². The molecule has 5 heteroatoms. The fourth-order valence-corrected chi connectivity index (χ4v) is 9.53. The summed E-state index contributed by atoms with van der Waals surface area (Å²) in [6.45, 7) is 13.1. The molecule has 0 aliphatic rings. The molecule has 300 valence electrons. The molecular formula is C57H45FN4. The maximum atomic E-state index is 14.5. The Kier molecular flexibility index (Phi) is 9.68. The first kappa shape index (κ1) is 38.7. The maximum Gasteiger partial charge on any atom is 0.164 e. The summed E-state index contributed by atoms with van der Waals surface area (Å²) in [5.74, 6) is 1.47. The molecule has 2 heterocycles. The van der Waals surface area contributed by atoms with E-state index in [1.807, 2.05) is 72.8 Å². The van der Waals surface area contributed by atoms with Gasteiger partial charge < -0.3 is 4.57 Å². The fourth-order valence-electron chi connectivity index (χ4n) is 9.53. The second-order valence-corrected chi connectivity index (χ2v) is 16.6. The van der Waals surface area contributed by atoms with Crippen LogP contribution in [0, 0.1) is 47.4 Å². The molecule has 10 rings (SSSR count). The van der Waals surface area contributed by atoms with Gasteiger partial charge in [0.1, 0.15) is 5.82 Å². The zero-order valence-corrected chi connectivity index (χ0v) is 35.8. The molecule has 0 saturated carbocycles. The van der Waals surface area contributed by atoms with Crippen LogP contribution in [0.15, 0.2) is 164 Å². The number of aromatic nitrogens is 4. The van der Waals surface area contributed by atoms with Crippen molar-refractivity contribution in [3.8, 4) is 73.2 Å². The molecule has 0 amide bonds. The number of benzene rings is 8. The van der Waals surface area contributed by atoms with Gasteiger partial charge >= 0.3 is 0 Å². The smallest absolute Gasteiger partial charge is 0.164 e. The molecule has 0 aliphatic carbocycles. The molecule has 62 heavy (non-hydrogen) atoms. The van der Waals surface area contributed by atoms with Crippen LogP contribution in [0.3, 0.4) is 0 Å². The highest BCUT2D eigenvalue weighted by Crippen LogP contribution is 2.42. The molecule has 8 aromatic carbocycles. The van der Waals surface area contributed by atoms with Crippen LogP contribution >= 0.6 is 0 Å². The molecule has 0 bridgehead atoms. The molecular weight excluding hydrogens is 760 g/mol. The summed E-state index contributed by atoms with van der Waals surface area (Å²) in [6, 6.07) is 56.0. The Morgan fingerprint density at radius 1 is 0.371 bits per heavy atom. The van der Waals surface area contributed by atoms with E-state index in [-0.39, 0.29) is 5.82 Å². The zero-order valence-electron chi connectivity index (χ0n) is 35.8. The van der Waals surface area contributed by atoms with Gasteiger partial charge in [0.2, 0.25) is 0 Å². The number of nitrogens with zero attached hydrogens (tertiary/aromatic N) is 4. The summed E-state index contributed by atoms with van der Waals surface area (Å²) >= 11 is 0. The van der Waals surface area contributed by atoms with Crippen LogP contribution in [0.5, 0.6) is 0 Å². The summed E-state index contributed by atoms with van der Waals surface area (Å²) in [5, 5.41) is 2.30. The van der Waals surface area contributed by atoms with Crippen molar-refractivity contribution in [3.05, 3.63) is 203 Å². The lowest BCUT2D eigenvalue weighted by Gasteiger charge is -2.17. The molecule has 10 aromatic rings. The number of hydrogen-bond acceptors (Lipinski definition) is 3. The van der Waals surface area contributed by atoms with Crippen molar-refractivity contribution in [1.82, 2.24) is 19.5 Å². The molecule has 0 fully saturated rings. The first-order chi connectivity index (χ1) is 30.1. The zero-order chi connectivity index (χ0) is 42.6. The van der Waals surface area contributed by atoms with Gasteiger partial charge in [-0.1, -0.05) is 132 Å². The standard InChI is InChI=1S/C57H45FN4/c1-34-27-36(3)53(37(4)28-34)43-20-25-50-48(31-43)49-32-44(54-38(5)29-35(2)30-39(54)6)21-26-51(49)62(50)52-33-45(19-24-47(52)40-17-22-46(58)23-18-40)57-60-55(41-13-9-7-10-14-41)59-56(61-57)42-15-11-8-12-16-42/h7-33H,1-6H3. The van der Waals surface area contributed by atoms with Crippen LogP contribution in [0.25, 0.3) is 95.0 Å².